The lowest BCUT2D eigenvalue weighted by Crippen LogP contribution is -2.53. The van der Waals surface area contributed by atoms with E-state index in [9.17, 15) is 14.7 Å². The summed E-state index contributed by atoms with van der Waals surface area (Å²) >= 11 is 1.29. The van der Waals surface area contributed by atoms with Crippen molar-refractivity contribution in [1.82, 2.24) is 20.3 Å². The number of H-pyrrole nitrogens is 1. The minimum atomic E-state index is -1.34. The Morgan fingerprint density at radius 1 is 1.48 bits per heavy atom. The molecule has 4 rings (SSSR count). The molecule has 1 N–H and O–H groups in total. The van der Waals surface area contributed by atoms with Crippen molar-refractivity contribution < 1.29 is 19.3 Å². The molecule has 1 atom stereocenters. The van der Waals surface area contributed by atoms with E-state index in [2.05, 4.69) is 39.2 Å². The molecular formula is C18H17N5O3S. The molecule has 0 aliphatic carbocycles. The standard InChI is InChI=1S/C18H17N5O3S/c1-2-11-4-3-6-22(9-11)7-5-12(13-8-19-21-20-13)15-16(24)23-14(18(25)26)10-27-17(15)23/h3-4,6,8-10,17H,2,5,7H2,1H3,(H-,19,20,21,24,25,26)/t17-/m1/s1. The molecule has 1 saturated heterocycles. The number of pyridine rings is 1. The number of aryl methyl sites for hydroxylation is 2. The number of carboxylic acid groups (broad SMARTS) is 1. The van der Waals surface area contributed by atoms with Gasteiger partial charge in [0.15, 0.2) is 18.9 Å². The Kier molecular flexibility index (Phi) is 4.53. The van der Waals surface area contributed by atoms with Gasteiger partial charge in [-0.1, -0.05) is 6.92 Å². The van der Waals surface area contributed by atoms with E-state index in [4.69, 9.17) is 0 Å². The van der Waals surface area contributed by atoms with E-state index in [1.54, 1.807) is 6.20 Å². The molecule has 0 bridgehead atoms. The van der Waals surface area contributed by atoms with Crippen LogP contribution in [0.15, 0.2) is 47.4 Å². The molecule has 2 aliphatic heterocycles. The molecule has 0 saturated carbocycles. The van der Waals surface area contributed by atoms with E-state index in [0.29, 0.717) is 24.2 Å². The summed E-state index contributed by atoms with van der Waals surface area (Å²) in [6.07, 6.45) is 7.18. The van der Waals surface area contributed by atoms with Crippen LogP contribution in [0.5, 0.6) is 0 Å². The van der Waals surface area contributed by atoms with Crippen molar-refractivity contribution >= 4 is 29.2 Å². The third-order valence-electron chi connectivity index (χ3n) is 4.70. The summed E-state index contributed by atoms with van der Waals surface area (Å²) in [7, 11) is 0. The minimum absolute atomic E-state index is 0.0803. The molecular weight excluding hydrogens is 366 g/mol. The summed E-state index contributed by atoms with van der Waals surface area (Å²) in [4.78, 5) is 25.1. The number of carboxylic acids is 1. The SMILES string of the molecule is CCc1ccc[n+](CC/C(=C2\C(=O)N3C(C(=O)[O-])=CS[C@H]23)c2cn[nH]n2)c1. The second-order valence-electron chi connectivity index (χ2n) is 6.26. The Morgan fingerprint density at radius 3 is 3.04 bits per heavy atom. The van der Waals surface area contributed by atoms with Gasteiger partial charge < -0.3 is 9.90 Å². The maximum atomic E-state index is 12.7. The maximum absolute atomic E-state index is 12.7. The van der Waals surface area contributed by atoms with Gasteiger partial charge in [0.1, 0.15) is 11.1 Å². The summed E-state index contributed by atoms with van der Waals surface area (Å²) in [5.74, 6) is -1.65. The highest BCUT2D eigenvalue weighted by Gasteiger charge is 2.49. The molecule has 27 heavy (non-hydrogen) atoms. The number of thioether (sulfide) groups is 1. The fourth-order valence-electron chi connectivity index (χ4n) is 3.29. The number of β-lactam (4-membered cyclic amide) rings is 1. The lowest BCUT2D eigenvalue weighted by molar-refractivity contribution is -0.696. The van der Waals surface area contributed by atoms with Crippen molar-refractivity contribution in [3.63, 3.8) is 0 Å². The van der Waals surface area contributed by atoms with Gasteiger partial charge in [-0.05, 0) is 23.5 Å². The molecule has 9 heteroatoms. The van der Waals surface area contributed by atoms with E-state index in [0.717, 1.165) is 12.0 Å². The highest BCUT2D eigenvalue weighted by Crippen LogP contribution is 2.47. The number of allylic oxidation sites excluding steroid dienone is 1. The van der Waals surface area contributed by atoms with Crippen molar-refractivity contribution in [1.29, 1.82) is 0 Å². The van der Waals surface area contributed by atoms with Gasteiger partial charge in [-0.3, -0.25) is 9.69 Å². The number of aromatic amines is 1. The average Bonchev–Trinajstić information content (AvgIpc) is 3.33. The number of aromatic nitrogens is 4. The van der Waals surface area contributed by atoms with Gasteiger partial charge in [0.25, 0.3) is 5.91 Å². The highest BCUT2D eigenvalue weighted by atomic mass is 32.2. The average molecular weight is 383 g/mol. The smallest absolute Gasteiger partial charge is 0.258 e. The quantitative estimate of drug-likeness (QED) is 0.428. The number of fused-ring (bicyclic) bond motifs is 1. The Morgan fingerprint density at radius 2 is 2.33 bits per heavy atom. The normalized spacial score (nSPS) is 20.2. The fourth-order valence-corrected chi connectivity index (χ4v) is 4.47. The number of carbonyl (C=O) groups is 2. The van der Waals surface area contributed by atoms with Crippen LogP contribution in [0.25, 0.3) is 5.57 Å². The van der Waals surface area contributed by atoms with Crippen molar-refractivity contribution in [2.75, 3.05) is 0 Å². The lowest BCUT2D eigenvalue weighted by Gasteiger charge is -2.39. The molecule has 0 spiro atoms. The largest absolute Gasteiger partial charge is 0.543 e. The maximum Gasteiger partial charge on any atom is 0.258 e. The third-order valence-corrected chi connectivity index (χ3v) is 5.77. The summed E-state index contributed by atoms with van der Waals surface area (Å²) in [5.41, 5.74) is 3.11. The number of amides is 1. The summed E-state index contributed by atoms with van der Waals surface area (Å²) in [6, 6.07) is 4.07. The van der Waals surface area contributed by atoms with Gasteiger partial charge in [-0.15, -0.1) is 11.8 Å². The fraction of sp³-hybridized carbons (Fsp3) is 0.278. The van der Waals surface area contributed by atoms with Crippen LogP contribution in [0.1, 0.15) is 24.6 Å². The predicted molar refractivity (Wildman–Crippen MR) is 95.2 cm³/mol. The van der Waals surface area contributed by atoms with Crippen LogP contribution in [-0.2, 0) is 22.6 Å². The molecule has 1 amide bonds. The molecule has 4 heterocycles. The Balaban J connectivity index is 1.62. The molecule has 2 aromatic rings. The zero-order chi connectivity index (χ0) is 19.0. The molecule has 2 aliphatic rings. The van der Waals surface area contributed by atoms with Crippen LogP contribution >= 0.6 is 11.8 Å². The first-order valence-corrected chi connectivity index (χ1v) is 9.52. The number of hydrogen-bond acceptors (Lipinski definition) is 6. The molecule has 0 aromatic carbocycles. The zero-order valence-corrected chi connectivity index (χ0v) is 15.4. The van der Waals surface area contributed by atoms with Gasteiger partial charge in [-0.2, -0.15) is 15.4 Å². The number of nitrogens with zero attached hydrogens (tertiary/aromatic N) is 4. The van der Waals surface area contributed by atoms with Gasteiger partial charge in [-0.25, -0.2) is 4.57 Å². The predicted octanol–water partition coefficient (Wildman–Crippen LogP) is 0.00490. The van der Waals surface area contributed by atoms with E-state index >= 15 is 0 Å². The first-order chi connectivity index (χ1) is 13.1. The van der Waals surface area contributed by atoms with Crippen LogP contribution in [-0.4, -0.2) is 37.6 Å². The molecule has 8 nitrogen and oxygen atoms in total. The molecule has 1 fully saturated rings. The Labute approximate surface area is 159 Å². The van der Waals surface area contributed by atoms with Gasteiger partial charge in [0, 0.05) is 18.1 Å². The van der Waals surface area contributed by atoms with Crippen molar-refractivity contribution in [3.8, 4) is 0 Å². The molecule has 0 unspecified atom stereocenters. The molecule has 0 radical (unpaired) electrons. The first-order valence-electron chi connectivity index (χ1n) is 8.58. The number of rotatable bonds is 6. The Hall–Kier alpha value is -2.94. The second kappa shape index (κ2) is 6.99. The van der Waals surface area contributed by atoms with Crippen LogP contribution in [0, 0.1) is 0 Å². The summed E-state index contributed by atoms with van der Waals surface area (Å²) < 4.78 is 2.08. The Bertz CT molecular complexity index is 967. The summed E-state index contributed by atoms with van der Waals surface area (Å²) in [6.45, 7) is 2.77. The second-order valence-corrected chi connectivity index (χ2v) is 7.21. The van der Waals surface area contributed by atoms with Crippen LogP contribution in [0.3, 0.4) is 0 Å². The molecule has 138 valence electrons. The van der Waals surface area contributed by atoms with Gasteiger partial charge in [0.2, 0.25) is 0 Å². The van der Waals surface area contributed by atoms with Crippen molar-refractivity contribution in [3.05, 3.63) is 58.7 Å². The van der Waals surface area contributed by atoms with Crippen LogP contribution in [0.2, 0.25) is 0 Å². The zero-order valence-electron chi connectivity index (χ0n) is 14.6. The number of carbonyl (C=O) groups excluding carboxylic acids is 2. The highest BCUT2D eigenvalue weighted by molar-refractivity contribution is 8.03. The van der Waals surface area contributed by atoms with E-state index in [1.165, 1.54) is 27.6 Å². The van der Waals surface area contributed by atoms with E-state index in [1.807, 2.05) is 12.3 Å². The monoisotopic (exact) mass is 383 g/mol. The number of hydrogen-bond donors (Lipinski definition) is 1. The van der Waals surface area contributed by atoms with E-state index in [-0.39, 0.29) is 17.0 Å². The van der Waals surface area contributed by atoms with Crippen LogP contribution < -0.4 is 9.67 Å². The molecule has 2 aromatic heterocycles. The topological polar surface area (TPSA) is 106 Å². The third kappa shape index (κ3) is 3.03. The van der Waals surface area contributed by atoms with Crippen LogP contribution in [0.4, 0.5) is 0 Å². The summed E-state index contributed by atoms with van der Waals surface area (Å²) in [5, 5.41) is 22.9. The van der Waals surface area contributed by atoms with E-state index < -0.39 is 5.97 Å². The number of nitrogens with one attached hydrogen (secondary N) is 1. The van der Waals surface area contributed by atoms with Gasteiger partial charge >= 0.3 is 0 Å². The van der Waals surface area contributed by atoms with Crippen molar-refractivity contribution in [2.24, 2.45) is 0 Å². The minimum Gasteiger partial charge on any atom is -0.543 e. The first kappa shape index (κ1) is 17.5. The van der Waals surface area contributed by atoms with Gasteiger partial charge in [0.05, 0.1) is 23.4 Å². The van der Waals surface area contributed by atoms with Crippen molar-refractivity contribution in [2.45, 2.75) is 31.7 Å². The lowest BCUT2D eigenvalue weighted by atomic mass is 9.94. The number of aliphatic carboxylic acids is 1.